The van der Waals surface area contributed by atoms with Crippen molar-refractivity contribution in [2.24, 2.45) is 0 Å². The molecular weight excluding hydrogens is 192 g/mol. The first-order valence-corrected chi connectivity index (χ1v) is 5.00. The molecule has 2 atom stereocenters. The van der Waals surface area contributed by atoms with Crippen molar-refractivity contribution < 1.29 is 9.90 Å². The van der Waals surface area contributed by atoms with Gasteiger partial charge in [-0.3, -0.25) is 10.1 Å². The summed E-state index contributed by atoms with van der Waals surface area (Å²) in [6.07, 6.45) is 0.367. The van der Waals surface area contributed by atoms with Gasteiger partial charge in [0.2, 0.25) is 0 Å². The molecule has 1 aliphatic rings. The largest absolute Gasteiger partial charge is 0.377 e. The molecule has 3 N–H and O–H groups in total. The fraction of sp³-hybridized carbons (Fsp3) is 0.364. The zero-order chi connectivity index (χ0) is 10.7. The Morgan fingerprint density at radius 3 is 2.73 bits per heavy atom. The summed E-state index contributed by atoms with van der Waals surface area (Å²) >= 11 is 0. The molecule has 0 aromatic heterocycles. The molecule has 15 heavy (non-hydrogen) atoms. The van der Waals surface area contributed by atoms with Crippen LogP contribution in [0.2, 0.25) is 0 Å². The van der Waals surface area contributed by atoms with Gasteiger partial charge in [0.25, 0.3) is 0 Å². The van der Waals surface area contributed by atoms with E-state index in [0.29, 0.717) is 18.7 Å². The van der Waals surface area contributed by atoms with Crippen molar-refractivity contribution in [2.75, 3.05) is 13.1 Å². The van der Waals surface area contributed by atoms with Gasteiger partial charge in [-0.2, -0.15) is 0 Å². The topological polar surface area (TPSA) is 61.4 Å². The van der Waals surface area contributed by atoms with Crippen molar-refractivity contribution in [1.82, 2.24) is 10.6 Å². The lowest BCUT2D eigenvalue weighted by Crippen LogP contribution is -2.50. The molecule has 4 heteroatoms. The minimum atomic E-state index is -0.496. The highest BCUT2D eigenvalue weighted by Gasteiger charge is 2.20. The van der Waals surface area contributed by atoms with E-state index in [2.05, 4.69) is 10.6 Å². The normalized spacial score (nSPS) is 26.2. The standard InChI is InChI=1S/C11H14N2O2/c14-7-8-3-1-2-4-9(8)10-5-13-11(15)6-12-10/h1-4,7,10-13,15H,5-6H2. The summed E-state index contributed by atoms with van der Waals surface area (Å²) in [7, 11) is 0. The van der Waals surface area contributed by atoms with E-state index in [9.17, 15) is 9.90 Å². The van der Waals surface area contributed by atoms with Crippen LogP contribution in [0.1, 0.15) is 22.0 Å². The maximum atomic E-state index is 10.8. The summed E-state index contributed by atoms with van der Waals surface area (Å²) in [6, 6.07) is 7.58. The molecule has 1 aliphatic heterocycles. The van der Waals surface area contributed by atoms with Gasteiger partial charge in [0.1, 0.15) is 12.5 Å². The number of aliphatic hydroxyl groups excluding tert-OH is 1. The number of aliphatic hydroxyl groups is 1. The Morgan fingerprint density at radius 2 is 2.07 bits per heavy atom. The predicted octanol–water partition coefficient (Wildman–Crippen LogP) is 0.0514. The number of carbonyl (C=O) groups is 1. The fourth-order valence-corrected chi connectivity index (χ4v) is 1.81. The minimum absolute atomic E-state index is 0.0924. The maximum Gasteiger partial charge on any atom is 0.150 e. The second-order valence-electron chi connectivity index (χ2n) is 3.63. The van der Waals surface area contributed by atoms with Gasteiger partial charge in [0.05, 0.1) is 0 Å². The summed E-state index contributed by atoms with van der Waals surface area (Å²) in [4.78, 5) is 10.8. The molecule has 2 unspecified atom stereocenters. The first-order valence-electron chi connectivity index (χ1n) is 5.00. The van der Waals surface area contributed by atoms with E-state index in [1.807, 2.05) is 18.2 Å². The summed E-state index contributed by atoms with van der Waals surface area (Å²) in [5, 5.41) is 15.4. The fourth-order valence-electron chi connectivity index (χ4n) is 1.81. The van der Waals surface area contributed by atoms with Crippen molar-refractivity contribution in [3.63, 3.8) is 0 Å². The first-order chi connectivity index (χ1) is 7.31. The lowest BCUT2D eigenvalue weighted by molar-refractivity contribution is 0.105. The van der Waals surface area contributed by atoms with Crippen LogP contribution in [0.4, 0.5) is 0 Å². The molecule has 0 saturated carbocycles. The minimum Gasteiger partial charge on any atom is -0.377 e. The molecule has 80 valence electrons. The molecule has 0 radical (unpaired) electrons. The average Bonchev–Trinajstić information content (AvgIpc) is 2.30. The third-order valence-corrected chi connectivity index (χ3v) is 2.61. The summed E-state index contributed by atoms with van der Waals surface area (Å²) in [5.41, 5.74) is 1.68. The molecule has 0 spiro atoms. The second-order valence-corrected chi connectivity index (χ2v) is 3.63. The molecule has 4 nitrogen and oxygen atoms in total. The van der Waals surface area contributed by atoms with Gasteiger partial charge in [-0.15, -0.1) is 0 Å². The Morgan fingerprint density at radius 1 is 1.27 bits per heavy atom. The molecule has 1 heterocycles. The Hall–Kier alpha value is -1.23. The van der Waals surface area contributed by atoms with Crippen LogP contribution in [0.15, 0.2) is 24.3 Å². The third-order valence-electron chi connectivity index (χ3n) is 2.61. The molecular formula is C11H14N2O2. The third kappa shape index (κ3) is 2.23. The average molecular weight is 206 g/mol. The smallest absolute Gasteiger partial charge is 0.150 e. The van der Waals surface area contributed by atoms with Crippen LogP contribution in [0.5, 0.6) is 0 Å². The van der Waals surface area contributed by atoms with E-state index in [4.69, 9.17) is 0 Å². The number of piperazine rings is 1. The molecule has 1 aromatic carbocycles. The van der Waals surface area contributed by atoms with Crippen LogP contribution in [0.3, 0.4) is 0 Å². The number of hydrogen-bond donors (Lipinski definition) is 3. The van der Waals surface area contributed by atoms with Crippen LogP contribution in [-0.4, -0.2) is 30.7 Å². The Balaban J connectivity index is 2.18. The number of aldehydes is 1. The zero-order valence-corrected chi connectivity index (χ0v) is 8.31. The van der Waals surface area contributed by atoms with Gasteiger partial charge in [0.15, 0.2) is 0 Å². The molecule has 1 aromatic rings. The number of rotatable bonds is 2. The van der Waals surface area contributed by atoms with Crippen molar-refractivity contribution in [2.45, 2.75) is 12.3 Å². The number of hydrogen-bond acceptors (Lipinski definition) is 4. The van der Waals surface area contributed by atoms with E-state index >= 15 is 0 Å². The van der Waals surface area contributed by atoms with Gasteiger partial charge in [-0.25, -0.2) is 0 Å². The van der Waals surface area contributed by atoms with E-state index < -0.39 is 6.23 Å². The molecule has 0 bridgehead atoms. The van der Waals surface area contributed by atoms with Crippen LogP contribution < -0.4 is 10.6 Å². The lowest BCUT2D eigenvalue weighted by atomic mass is 10.00. The SMILES string of the molecule is O=Cc1ccccc1C1CNC(O)CN1. The summed E-state index contributed by atoms with van der Waals surface area (Å²) in [6.45, 7) is 1.13. The Bertz CT molecular complexity index is 346. The van der Waals surface area contributed by atoms with Crippen molar-refractivity contribution in [3.8, 4) is 0 Å². The van der Waals surface area contributed by atoms with Crippen LogP contribution in [0, 0.1) is 0 Å². The number of nitrogens with one attached hydrogen (secondary N) is 2. The van der Waals surface area contributed by atoms with Crippen molar-refractivity contribution in [1.29, 1.82) is 0 Å². The van der Waals surface area contributed by atoms with Gasteiger partial charge in [-0.1, -0.05) is 24.3 Å². The zero-order valence-electron chi connectivity index (χ0n) is 8.31. The lowest BCUT2D eigenvalue weighted by Gasteiger charge is -2.29. The maximum absolute atomic E-state index is 10.8. The van der Waals surface area contributed by atoms with Crippen LogP contribution in [0.25, 0.3) is 0 Å². The van der Waals surface area contributed by atoms with Gasteiger partial charge in [0, 0.05) is 24.7 Å². The molecule has 0 amide bonds. The summed E-state index contributed by atoms with van der Waals surface area (Å²) < 4.78 is 0. The second kappa shape index (κ2) is 4.53. The summed E-state index contributed by atoms with van der Waals surface area (Å²) in [5.74, 6) is 0. The quantitative estimate of drug-likeness (QED) is 0.598. The number of carbonyl (C=O) groups excluding carboxylic acids is 1. The van der Waals surface area contributed by atoms with E-state index in [-0.39, 0.29) is 6.04 Å². The molecule has 0 aliphatic carbocycles. The van der Waals surface area contributed by atoms with Crippen LogP contribution >= 0.6 is 0 Å². The van der Waals surface area contributed by atoms with Gasteiger partial charge < -0.3 is 10.4 Å². The van der Waals surface area contributed by atoms with Crippen LogP contribution in [-0.2, 0) is 0 Å². The Labute approximate surface area is 88.3 Å². The molecule has 1 fully saturated rings. The monoisotopic (exact) mass is 206 g/mol. The van der Waals surface area contributed by atoms with E-state index in [1.165, 1.54) is 0 Å². The van der Waals surface area contributed by atoms with Crippen molar-refractivity contribution >= 4 is 6.29 Å². The van der Waals surface area contributed by atoms with Gasteiger partial charge >= 0.3 is 0 Å². The highest BCUT2D eigenvalue weighted by Crippen LogP contribution is 2.17. The molecule has 1 saturated heterocycles. The van der Waals surface area contributed by atoms with Gasteiger partial charge in [-0.05, 0) is 5.56 Å². The number of β-amino-alcohol motifs (C(OH)–C–C–N with tert-alkyl or cyclic N) is 1. The Kier molecular flexibility index (Phi) is 3.11. The first kappa shape index (κ1) is 10.3. The van der Waals surface area contributed by atoms with E-state index in [0.717, 1.165) is 11.8 Å². The van der Waals surface area contributed by atoms with E-state index in [1.54, 1.807) is 6.07 Å². The number of benzene rings is 1. The highest BCUT2D eigenvalue weighted by atomic mass is 16.3. The predicted molar refractivity (Wildman–Crippen MR) is 56.6 cm³/mol. The molecule has 2 rings (SSSR count). The highest BCUT2D eigenvalue weighted by molar-refractivity contribution is 5.77. The van der Waals surface area contributed by atoms with Crippen molar-refractivity contribution in [3.05, 3.63) is 35.4 Å².